The second kappa shape index (κ2) is 14.4. The first-order valence-electron chi connectivity index (χ1n) is 11.6. The second-order valence-corrected chi connectivity index (χ2v) is 10.9. The van der Waals surface area contributed by atoms with Crippen LogP contribution < -0.4 is 0 Å². The number of alkyl halides is 6. The average Bonchev–Trinajstić information content (AvgIpc) is 3.29. The Labute approximate surface area is 221 Å². The van der Waals surface area contributed by atoms with Gasteiger partial charge in [0.15, 0.2) is 0 Å². The van der Waals surface area contributed by atoms with Gasteiger partial charge in [-0.25, -0.2) is 9.59 Å². The third-order valence-corrected chi connectivity index (χ3v) is 6.79. The summed E-state index contributed by atoms with van der Waals surface area (Å²) < 4.78 is 75.7. The van der Waals surface area contributed by atoms with Gasteiger partial charge in [0.1, 0.15) is 5.60 Å². The van der Waals surface area contributed by atoms with Crippen molar-refractivity contribution in [2.45, 2.75) is 57.7 Å². The lowest BCUT2D eigenvalue weighted by molar-refractivity contribution is -0.193. The molecule has 0 aliphatic carbocycles. The molecule has 2 aliphatic heterocycles. The molecule has 1 aromatic rings. The lowest BCUT2D eigenvalue weighted by atomic mass is 9.93. The van der Waals surface area contributed by atoms with E-state index in [2.05, 4.69) is 49.8 Å². The Bertz CT molecular complexity index is 870. The zero-order valence-electron chi connectivity index (χ0n) is 21.6. The van der Waals surface area contributed by atoms with E-state index in [1.54, 1.807) is 0 Å². The van der Waals surface area contributed by atoms with Crippen LogP contribution in [0.15, 0.2) is 12.1 Å². The van der Waals surface area contributed by atoms with Crippen LogP contribution in [0.1, 0.15) is 30.0 Å². The van der Waals surface area contributed by atoms with Gasteiger partial charge < -0.3 is 24.6 Å². The highest BCUT2D eigenvalue weighted by atomic mass is 32.1. The number of thiophene rings is 1. The van der Waals surface area contributed by atoms with Gasteiger partial charge >= 0.3 is 24.3 Å². The van der Waals surface area contributed by atoms with Crippen LogP contribution in [0.2, 0.25) is 0 Å². The van der Waals surface area contributed by atoms with Crippen LogP contribution in [0.4, 0.5) is 26.3 Å². The van der Waals surface area contributed by atoms with Crippen molar-refractivity contribution in [2.24, 2.45) is 5.92 Å². The van der Waals surface area contributed by atoms with Crippen LogP contribution in [0, 0.1) is 12.8 Å². The zero-order valence-corrected chi connectivity index (χ0v) is 22.4. The van der Waals surface area contributed by atoms with Crippen molar-refractivity contribution < 1.29 is 55.6 Å². The Morgan fingerprint density at radius 1 is 1.16 bits per heavy atom. The molecule has 1 spiro atoms. The normalized spacial score (nSPS) is 22.5. The summed E-state index contributed by atoms with van der Waals surface area (Å²) in [6.07, 6.45) is -9.05. The predicted octanol–water partition coefficient (Wildman–Crippen LogP) is 4.27. The molecule has 2 N–H and O–H groups in total. The molecule has 2 saturated heterocycles. The summed E-state index contributed by atoms with van der Waals surface area (Å²) >= 11 is 1.90. The van der Waals surface area contributed by atoms with Gasteiger partial charge in [-0.15, -0.1) is 11.3 Å². The summed E-state index contributed by atoms with van der Waals surface area (Å²) in [5.41, 5.74) is -0.106. The third-order valence-electron chi connectivity index (χ3n) is 5.80. The molecule has 0 amide bonds. The number of rotatable bonds is 5. The average molecular weight is 581 g/mol. The van der Waals surface area contributed by atoms with Gasteiger partial charge in [-0.05, 0) is 52.3 Å². The van der Waals surface area contributed by atoms with Crippen molar-refractivity contribution in [1.29, 1.82) is 0 Å². The number of hydrogen-bond acceptors (Lipinski definition) is 7. The van der Waals surface area contributed by atoms with Crippen LogP contribution in [0.5, 0.6) is 0 Å². The SMILES string of the molecule is Cc1ccc(CN2CCOCC3(CC(CN(C)C(C)C)CO3)C2)s1.O=C(O)C(F)(F)F.O=C(O)C(F)(F)F. The molecule has 0 aromatic carbocycles. The molecular formula is C23H34F6N2O6S. The Kier molecular flexibility index (Phi) is 13.0. The van der Waals surface area contributed by atoms with Crippen molar-refractivity contribution in [2.75, 3.05) is 46.5 Å². The van der Waals surface area contributed by atoms with Crippen LogP contribution in [-0.4, -0.2) is 102 Å². The lowest BCUT2D eigenvalue weighted by Crippen LogP contribution is -2.44. The quantitative estimate of drug-likeness (QED) is 0.499. The van der Waals surface area contributed by atoms with Crippen molar-refractivity contribution in [3.8, 4) is 0 Å². The summed E-state index contributed by atoms with van der Waals surface area (Å²) in [6.45, 7) is 13.2. The van der Waals surface area contributed by atoms with E-state index in [4.69, 9.17) is 29.3 Å². The minimum atomic E-state index is -5.08. The Morgan fingerprint density at radius 3 is 2.16 bits per heavy atom. The fourth-order valence-electron chi connectivity index (χ4n) is 3.79. The van der Waals surface area contributed by atoms with E-state index in [9.17, 15) is 26.3 Å². The molecule has 2 atom stereocenters. The largest absolute Gasteiger partial charge is 0.490 e. The van der Waals surface area contributed by atoms with E-state index in [-0.39, 0.29) is 5.60 Å². The predicted molar refractivity (Wildman–Crippen MR) is 127 cm³/mol. The van der Waals surface area contributed by atoms with Crippen molar-refractivity contribution in [1.82, 2.24) is 9.80 Å². The fraction of sp³-hybridized carbons (Fsp3) is 0.739. The molecule has 2 unspecified atom stereocenters. The number of nitrogens with zero attached hydrogens (tertiary/aromatic N) is 2. The van der Waals surface area contributed by atoms with E-state index < -0.39 is 24.3 Å². The first kappa shape index (κ1) is 34.1. The molecule has 3 rings (SSSR count). The number of aryl methyl sites for hydroxylation is 1. The molecule has 2 aliphatic rings. The molecule has 220 valence electrons. The minimum absolute atomic E-state index is 0.106. The van der Waals surface area contributed by atoms with Gasteiger partial charge in [-0.1, -0.05) is 0 Å². The van der Waals surface area contributed by atoms with Crippen molar-refractivity contribution >= 4 is 23.3 Å². The Balaban J connectivity index is 0.000000426. The second-order valence-electron chi connectivity index (χ2n) is 9.48. The summed E-state index contributed by atoms with van der Waals surface area (Å²) in [6, 6.07) is 5.06. The van der Waals surface area contributed by atoms with E-state index in [1.807, 2.05) is 11.3 Å². The molecule has 0 radical (unpaired) electrons. The summed E-state index contributed by atoms with van der Waals surface area (Å²) in [7, 11) is 2.21. The zero-order chi connectivity index (χ0) is 29.3. The number of hydrogen-bond donors (Lipinski definition) is 2. The number of halogens is 6. The molecule has 8 nitrogen and oxygen atoms in total. The summed E-state index contributed by atoms with van der Waals surface area (Å²) in [5, 5.41) is 14.2. The number of carbonyl (C=O) groups is 2. The maximum Gasteiger partial charge on any atom is 0.490 e. The highest BCUT2D eigenvalue weighted by Crippen LogP contribution is 2.34. The molecule has 2 fully saturated rings. The van der Waals surface area contributed by atoms with Crippen LogP contribution in [0.3, 0.4) is 0 Å². The number of aliphatic carboxylic acids is 2. The number of ether oxygens (including phenoxy) is 2. The highest BCUT2D eigenvalue weighted by Gasteiger charge is 2.43. The van der Waals surface area contributed by atoms with E-state index in [0.29, 0.717) is 12.0 Å². The Morgan fingerprint density at radius 2 is 1.71 bits per heavy atom. The van der Waals surface area contributed by atoms with Gasteiger partial charge in [0.2, 0.25) is 0 Å². The maximum absolute atomic E-state index is 10.6. The molecule has 38 heavy (non-hydrogen) atoms. The van der Waals surface area contributed by atoms with Crippen LogP contribution in [-0.2, 0) is 25.6 Å². The summed E-state index contributed by atoms with van der Waals surface area (Å²) in [4.78, 5) is 25.6. The van der Waals surface area contributed by atoms with Gasteiger partial charge in [-0.3, -0.25) is 4.90 Å². The maximum atomic E-state index is 10.6. The minimum Gasteiger partial charge on any atom is -0.475 e. The van der Waals surface area contributed by atoms with Gasteiger partial charge in [0.25, 0.3) is 0 Å². The topological polar surface area (TPSA) is 99.5 Å². The van der Waals surface area contributed by atoms with E-state index in [0.717, 1.165) is 52.4 Å². The lowest BCUT2D eigenvalue weighted by Gasteiger charge is -2.31. The molecule has 0 bridgehead atoms. The van der Waals surface area contributed by atoms with E-state index >= 15 is 0 Å². The molecule has 0 saturated carbocycles. The van der Waals surface area contributed by atoms with Gasteiger partial charge in [0.05, 0.1) is 19.8 Å². The number of carboxylic acids is 2. The molecule has 1 aromatic heterocycles. The first-order chi connectivity index (χ1) is 17.3. The third kappa shape index (κ3) is 12.3. The fourth-order valence-corrected chi connectivity index (χ4v) is 4.73. The van der Waals surface area contributed by atoms with Crippen molar-refractivity contribution in [3.05, 3.63) is 21.9 Å². The Hall–Kier alpha value is -1.94. The molecule has 3 heterocycles. The van der Waals surface area contributed by atoms with Crippen LogP contribution >= 0.6 is 11.3 Å². The standard InChI is InChI=1S/C19H32N2O2S.2C2HF3O2/c1-15(2)20(4)10-17-9-19(23-12-17)13-21(7-8-22-14-19)11-18-6-5-16(3)24-18;2*3-2(4,5)1(6)7/h5-6,15,17H,7-14H2,1-4H3;2*(H,6,7). The van der Waals surface area contributed by atoms with Crippen molar-refractivity contribution in [3.63, 3.8) is 0 Å². The smallest absolute Gasteiger partial charge is 0.475 e. The number of carboxylic acid groups (broad SMARTS) is 2. The highest BCUT2D eigenvalue weighted by molar-refractivity contribution is 7.11. The summed E-state index contributed by atoms with van der Waals surface area (Å²) in [5.74, 6) is -4.90. The van der Waals surface area contributed by atoms with Gasteiger partial charge in [0, 0.05) is 42.0 Å². The van der Waals surface area contributed by atoms with Crippen LogP contribution in [0.25, 0.3) is 0 Å². The molecule has 15 heteroatoms. The first-order valence-corrected chi connectivity index (χ1v) is 12.5. The van der Waals surface area contributed by atoms with Gasteiger partial charge in [-0.2, -0.15) is 26.3 Å². The van der Waals surface area contributed by atoms with E-state index in [1.165, 1.54) is 9.75 Å². The molecular weight excluding hydrogens is 546 g/mol. The monoisotopic (exact) mass is 580 g/mol.